The van der Waals surface area contributed by atoms with E-state index >= 15 is 0 Å². The third kappa shape index (κ3) is 3.90. The molecule has 1 N–H and O–H groups in total. The molecule has 154 valence electrons. The van der Waals surface area contributed by atoms with Gasteiger partial charge in [0.15, 0.2) is 5.82 Å². The Labute approximate surface area is 174 Å². The van der Waals surface area contributed by atoms with Crippen LogP contribution in [0.1, 0.15) is 0 Å². The fourth-order valence-electron chi connectivity index (χ4n) is 3.31. The molecule has 0 bridgehead atoms. The zero-order valence-electron chi connectivity index (χ0n) is 17.1. The van der Waals surface area contributed by atoms with Crippen molar-refractivity contribution < 1.29 is 14.6 Å². The molecule has 8 heteroatoms. The first kappa shape index (κ1) is 19.7. The molecular formula is C22H23N5O3. The number of aliphatic hydroxyl groups excluding tert-OH is 1. The lowest BCUT2D eigenvalue weighted by molar-refractivity contribution is 0.305. The molecule has 2 aromatic heterocycles. The van der Waals surface area contributed by atoms with E-state index in [1.54, 1.807) is 31.2 Å². The number of hydrogen-bond acceptors (Lipinski definition) is 7. The van der Waals surface area contributed by atoms with Gasteiger partial charge in [-0.05, 0) is 17.7 Å². The van der Waals surface area contributed by atoms with E-state index in [0.717, 1.165) is 27.8 Å². The van der Waals surface area contributed by atoms with E-state index in [9.17, 15) is 5.11 Å². The van der Waals surface area contributed by atoms with Crippen molar-refractivity contribution in [2.24, 2.45) is 7.05 Å². The predicted octanol–water partition coefficient (Wildman–Crippen LogP) is 3.18. The molecular weight excluding hydrogens is 382 g/mol. The fraction of sp³-hybridized carbons (Fsp3) is 0.227. The standard InChI is InChI=1S/C22H23N5O3/c1-26-14-16(12-24-26)15-4-5-20-21(8-15)25-22(13-23-20)27(6-7-28)17-9-18(29-2)11-19(10-17)30-3/h4-5,8-14,28H,6-7H2,1-3H3. The van der Waals surface area contributed by atoms with Crippen molar-refractivity contribution in [3.63, 3.8) is 0 Å². The van der Waals surface area contributed by atoms with Gasteiger partial charge in [0.05, 0.1) is 44.3 Å². The molecule has 0 aliphatic carbocycles. The molecule has 0 saturated carbocycles. The van der Waals surface area contributed by atoms with Crippen LogP contribution in [0.2, 0.25) is 0 Å². The van der Waals surface area contributed by atoms with E-state index < -0.39 is 0 Å². The van der Waals surface area contributed by atoms with Crippen molar-refractivity contribution in [2.45, 2.75) is 0 Å². The highest BCUT2D eigenvalue weighted by Gasteiger charge is 2.15. The zero-order valence-corrected chi connectivity index (χ0v) is 17.1. The number of hydrogen-bond donors (Lipinski definition) is 1. The molecule has 0 aliphatic heterocycles. The largest absolute Gasteiger partial charge is 0.497 e. The van der Waals surface area contributed by atoms with Crippen molar-refractivity contribution in [3.8, 4) is 22.6 Å². The van der Waals surface area contributed by atoms with Crippen LogP contribution in [0.15, 0.2) is 55.0 Å². The summed E-state index contributed by atoms with van der Waals surface area (Å²) in [4.78, 5) is 11.3. The average molecular weight is 405 g/mol. The minimum atomic E-state index is -0.0467. The van der Waals surface area contributed by atoms with Gasteiger partial charge in [0, 0.05) is 49.2 Å². The van der Waals surface area contributed by atoms with Crippen LogP contribution in [0.4, 0.5) is 11.5 Å². The highest BCUT2D eigenvalue weighted by atomic mass is 16.5. The number of anilines is 2. The Morgan fingerprint density at radius 3 is 2.37 bits per heavy atom. The summed E-state index contributed by atoms with van der Waals surface area (Å²) >= 11 is 0. The molecule has 0 fully saturated rings. The summed E-state index contributed by atoms with van der Waals surface area (Å²) in [6.07, 6.45) is 5.48. The number of methoxy groups -OCH3 is 2. The van der Waals surface area contributed by atoms with Gasteiger partial charge in [-0.3, -0.25) is 9.67 Å². The second-order valence-electron chi connectivity index (χ2n) is 6.78. The maximum Gasteiger partial charge on any atom is 0.152 e. The molecule has 0 saturated heterocycles. The molecule has 0 aliphatic rings. The topological polar surface area (TPSA) is 85.5 Å². The highest BCUT2D eigenvalue weighted by Crippen LogP contribution is 2.32. The van der Waals surface area contributed by atoms with Gasteiger partial charge in [0.1, 0.15) is 11.5 Å². The monoisotopic (exact) mass is 405 g/mol. The van der Waals surface area contributed by atoms with E-state index in [2.05, 4.69) is 10.1 Å². The first-order valence-corrected chi connectivity index (χ1v) is 9.48. The van der Waals surface area contributed by atoms with Gasteiger partial charge in [-0.1, -0.05) is 6.07 Å². The van der Waals surface area contributed by atoms with E-state index in [-0.39, 0.29) is 6.61 Å². The van der Waals surface area contributed by atoms with Gasteiger partial charge < -0.3 is 19.5 Å². The summed E-state index contributed by atoms with van der Waals surface area (Å²) in [6, 6.07) is 11.5. The second-order valence-corrected chi connectivity index (χ2v) is 6.78. The Bertz CT molecular complexity index is 1150. The Kier molecular flexibility index (Phi) is 5.49. The normalized spacial score (nSPS) is 10.9. The van der Waals surface area contributed by atoms with Crippen molar-refractivity contribution in [2.75, 3.05) is 32.3 Å². The number of rotatable bonds is 7. The Morgan fingerprint density at radius 1 is 0.967 bits per heavy atom. The maximum atomic E-state index is 9.66. The Balaban J connectivity index is 1.78. The van der Waals surface area contributed by atoms with Gasteiger partial charge in [0.2, 0.25) is 0 Å². The smallest absolute Gasteiger partial charge is 0.152 e. The van der Waals surface area contributed by atoms with Gasteiger partial charge in [0.25, 0.3) is 0 Å². The summed E-state index contributed by atoms with van der Waals surface area (Å²) < 4.78 is 12.5. The molecule has 0 atom stereocenters. The number of aromatic nitrogens is 4. The lowest BCUT2D eigenvalue weighted by Crippen LogP contribution is -2.22. The molecule has 0 spiro atoms. The van der Waals surface area contributed by atoms with Crippen LogP contribution in [-0.2, 0) is 7.05 Å². The predicted molar refractivity (Wildman–Crippen MR) is 115 cm³/mol. The summed E-state index contributed by atoms with van der Waals surface area (Å²) in [5.74, 6) is 1.93. The van der Waals surface area contributed by atoms with Crippen LogP contribution < -0.4 is 14.4 Å². The lowest BCUT2D eigenvalue weighted by atomic mass is 10.1. The zero-order chi connectivity index (χ0) is 21.1. The lowest BCUT2D eigenvalue weighted by Gasteiger charge is -2.24. The van der Waals surface area contributed by atoms with E-state index in [1.807, 2.05) is 54.7 Å². The minimum absolute atomic E-state index is 0.0467. The number of benzene rings is 2. The van der Waals surface area contributed by atoms with Crippen LogP contribution in [-0.4, -0.2) is 52.2 Å². The third-order valence-corrected chi connectivity index (χ3v) is 4.82. The Hall–Kier alpha value is -3.65. The van der Waals surface area contributed by atoms with E-state index in [4.69, 9.17) is 14.5 Å². The van der Waals surface area contributed by atoms with Crippen molar-refractivity contribution in [1.29, 1.82) is 0 Å². The average Bonchev–Trinajstić information content (AvgIpc) is 3.22. The fourth-order valence-corrected chi connectivity index (χ4v) is 3.31. The van der Waals surface area contributed by atoms with Crippen LogP contribution in [0, 0.1) is 0 Å². The summed E-state index contributed by atoms with van der Waals surface area (Å²) in [6.45, 7) is 0.299. The quantitative estimate of drug-likeness (QED) is 0.505. The van der Waals surface area contributed by atoms with Gasteiger partial charge in [-0.2, -0.15) is 5.10 Å². The highest BCUT2D eigenvalue weighted by molar-refractivity contribution is 5.82. The molecule has 4 aromatic rings. The van der Waals surface area contributed by atoms with Gasteiger partial charge in [-0.25, -0.2) is 4.98 Å². The van der Waals surface area contributed by atoms with Crippen molar-refractivity contribution >= 4 is 22.5 Å². The second kappa shape index (κ2) is 8.38. The third-order valence-electron chi connectivity index (χ3n) is 4.82. The molecule has 0 unspecified atom stereocenters. The van der Waals surface area contributed by atoms with E-state index in [1.165, 1.54) is 0 Å². The molecule has 0 amide bonds. The van der Waals surface area contributed by atoms with Crippen LogP contribution in [0.5, 0.6) is 11.5 Å². The minimum Gasteiger partial charge on any atom is -0.497 e. The van der Waals surface area contributed by atoms with Crippen molar-refractivity contribution in [3.05, 3.63) is 55.0 Å². The molecule has 30 heavy (non-hydrogen) atoms. The number of aliphatic hydroxyl groups is 1. The number of ether oxygens (including phenoxy) is 2. The van der Waals surface area contributed by atoms with Crippen LogP contribution >= 0.6 is 0 Å². The molecule has 4 rings (SSSR count). The SMILES string of the molecule is COc1cc(OC)cc(N(CCO)c2cnc3ccc(-c4cnn(C)c4)cc3n2)c1. The first-order chi connectivity index (χ1) is 14.6. The summed E-state index contributed by atoms with van der Waals surface area (Å²) in [5, 5.41) is 13.9. The van der Waals surface area contributed by atoms with Gasteiger partial charge >= 0.3 is 0 Å². The maximum absolute atomic E-state index is 9.66. The van der Waals surface area contributed by atoms with Crippen molar-refractivity contribution in [1.82, 2.24) is 19.7 Å². The summed E-state index contributed by atoms with van der Waals surface area (Å²) in [5.41, 5.74) is 4.36. The van der Waals surface area contributed by atoms with Crippen LogP contribution in [0.25, 0.3) is 22.2 Å². The summed E-state index contributed by atoms with van der Waals surface area (Å²) in [7, 11) is 5.09. The van der Waals surface area contributed by atoms with E-state index in [0.29, 0.717) is 23.9 Å². The number of fused-ring (bicyclic) bond motifs is 1. The molecule has 0 radical (unpaired) electrons. The number of aryl methyl sites for hydroxylation is 1. The molecule has 2 heterocycles. The van der Waals surface area contributed by atoms with Crippen LogP contribution in [0.3, 0.4) is 0 Å². The molecule has 2 aromatic carbocycles. The number of nitrogens with zero attached hydrogens (tertiary/aromatic N) is 5. The first-order valence-electron chi connectivity index (χ1n) is 9.48. The Morgan fingerprint density at radius 2 is 1.73 bits per heavy atom. The molecule has 8 nitrogen and oxygen atoms in total. The van der Waals surface area contributed by atoms with Gasteiger partial charge in [-0.15, -0.1) is 0 Å².